The van der Waals surface area contributed by atoms with Crippen molar-refractivity contribution in [1.29, 1.82) is 0 Å². The van der Waals surface area contributed by atoms with Crippen molar-refractivity contribution in [3.8, 4) is 11.3 Å². The van der Waals surface area contributed by atoms with Crippen molar-refractivity contribution < 1.29 is 4.79 Å². The molecule has 1 saturated heterocycles. The SMILES string of the molecule is Cc1ccc(-c2cc(CC3CCNC3=O)[nH]n2)cc1. The Labute approximate surface area is 112 Å². The molecule has 0 spiro atoms. The molecule has 1 aliphatic rings. The number of carbonyl (C=O) groups is 1. The number of nitrogens with zero attached hydrogens (tertiary/aromatic N) is 1. The molecule has 1 aromatic heterocycles. The highest BCUT2D eigenvalue weighted by molar-refractivity contribution is 5.80. The van der Waals surface area contributed by atoms with Gasteiger partial charge in [-0.05, 0) is 19.4 Å². The van der Waals surface area contributed by atoms with Gasteiger partial charge in [-0.3, -0.25) is 9.89 Å². The molecule has 2 aromatic rings. The van der Waals surface area contributed by atoms with Crippen molar-refractivity contribution in [3.05, 3.63) is 41.6 Å². The molecular weight excluding hydrogens is 238 g/mol. The van der Waals surface area contributed by atoms with Crippen molar-refractivity contribution in [3.63, 3.8) is 0 Å². The molecule has 2 N–H and O–H groups in total. The Morgan fingerprint density at radius 2 is 2.11 bits per heavy atom. The Morgan fingerprint density at radius 3 is 2.79 bits per heavy atom. The van der Waals surface area contributed by atoms with Crippen LogP contribution in [0.3, 0.4) is 0 Å². The van der Waals surface area contributed by atoms with Gasteiger partial charge in [0.25, 0.3) is 0 Å². The lowest BCUT2D eigenvalue weighted by atomic mass is 10.0. The van der Waals surface area contributed by atoms with Crippen LogP contribution in [0.4, 0.5) is 0 Å². The zero-order chi connectivity index (χ0) is 13.2. The number of H-pyrrole nitrogens is 1. The molecule has 1 aromatic carbocycles. The number of aromatic nitrogens is 2. The van der Waals surface area contributed by atoms with Gasteiger partial charge in [-0.25, -0.2) is 0 Å². The van der Waals surface area contributed by atoms with Crippen molar-refractivity contribution >= 4 is 5.91 Å². The topological polar surface area (TPSA) is 57.8 Å². The van der Waals surface area contributed by atoms with Crippen LogP contribution in [0.5, 0.6) is 0 Å². The first kappa shape index (κ1) is 12.0. The van der Waals surface area contributed by atoms with E-state index in [0.717, 1.165) is 36.3 Å². The highest BCUT2D eigenvalue weighted by Crippen LogP contribution is 2.21. The number of rotatable bonds is 3. The lowest BCUT2D eigenvalue weighted by Gasteiger charge is -2.02. The van der Waals surface area contributed by atoms with Gasteiger partial charge in [0.2, 0.25) is 5.91 Å². The summed E-state index contributed by atoms with van der Waals surface area (Å²) in [6.45, 7) is 2.86. The van der Waals surface area contributed by atoms with Crippen LogP contribution in [-0.2, 0) is 11.2 Å². The van der Waals surface area contributed by atoms with E-state index in [1.807, 2.05) is 6.07 Å². The Balaban J connectivity index is 1.75. The van der Waals surface area contributed by atoms with Gasteiger partial charge in [-0.15, -0.1) is 0 Å². The average Bonchev–Trinajstić information content (AvgIpc) is 3.01. The minimum absolute atomic E-state index is 0.0892. The van der Waals surface area contributed by atoms with Crippen molar-refractivity contribution in [2.24, 2.45) is 5.92 Å². The van der Waals surface area contributed by atoms with E-state index < -0.39 is 0 Å². The average molecular weight is 255 g/mol. The third-order valence-corrected chi connectivity index (χ3v) is 3.61. The standard InChI is InChI=1S/C15H17N3O/c1-10-2-4-11(5-3-10)14-9-13(17-18-14)8-12-6-7-16-15(12)19/h2-5,9,12H,6-8H2,1H3,(H,16,19)(H,17,18). The highest BCUT2D eigenvalue weighted by Gasteiger charge is 2.24. The van der Waals surface area contributed by atoms with E-state index in [4.69, 9.17) is 0 Å². The molecule has 0 radical (unpaired) electrons. The summed E-state index contributed by atoms with van der Waals surface area (Å²) >= 11 is 0. The van der Waals surface area contributed by atoms with Crippen LogP contribution in [0.1, 0.15) is 17.7 Å². The number of aromatic amines is 1. The molecule has 1 unspecified atom stereocenters. The molecule has 1 fully saturated rings. The van der Waals surface area contributed by atoms with Crippen molar-refractivity contribution in [2.75, 3.05) is 6.54 Å². The second kappa shape index (κ2) is 4.88. The zero-order valence-electron chi connectivity index (χ0n) is 10.9. The van der Waals surface area contributed by atoms with Gasteiger partial charge in [0.15, 0.2) is 0 Å². The lowest BCUT2D eigenvalue weighted by molar-refractivity contribution is -0.122. The van der Waals surface area contributed by atoms with Crippen LogP contribution in [-0.4, -0.2) is 22.6 Å². The molecular formula is C15H17N3O. The summed E-state index contributed by atoms with van der Waals surface area (Å²) in [4.78, 5) is 11.5. The summed E-state index contributed by atoms with van der Waals surface area (Å²) in [5, 5.41) is 10.2. The first-order chi connectivity index (χ1) is 9.22. The fourth-order valence-electron chi connectivity index (χ4n) is 2.44. The number of nitrogens with one attached hydrogen (secondary N) is 2. The molecule has 4 heteroatoms. The predicted molar refractivity (Wildman–Crippen MR) is 73.6 cm³/mol. The van der Waals surface area contributed by atoms with Crippen LogP contribution in [0.2, 0.25) is 0 Å². The Morgan fingerprint density at radius 1 is 1.32 bits per heavy atom. The smallest absolute Gasteiger partial charge is 0.223 e. The molecule has 0 aliphatic carbocycles. The maximum Gasteiger partial charge on any atom is 0.223 e. The maximum atomic E-state index is 11.5. The minimum Gasteiger partial charge on any atom is -0.356 e. The summed E-state index contributed by atoms with van der Waals surface area (Å²) in [6.07, 6.45) is 1.66. The van der Waals surface area contributed by atoms with E-state index >= 15 is 0 Å². The van der Waals surface area contributed by atoms with Gasteiger partial charge in [0, 0.05) is 30.1 Å². The monoisotopic (exact) mass is 255 g/mol. The number of aryl methyl sites for hydroxylation is 1. The van der Waals surface area contributed by atoms with Gasteiger partial charge < -0.3 is 5.32 Å². The molecule has 1 atom stereocenters. The van der Waals surface area contributed by atoms with Gasteiger partial charge in [0.1, 0.15) is 0 Å². The van der Waals surface area contributed by atoms with E-state index in [-0.39, 0.29) is 11.8 Å². The molecule has 3 rings (SSSR count). The fraction of sp³-hybridized carbons (Fsp3) is 0.333. The van der Waals surface area contributed by atoms with Gasteiger partial charge in [0.05, 0.1) is 5.69 Å². The van der Waals surface area contributed by atoms with Crippen LogP contribution < -0.4 is 5.32 Å². The van der Waals surface area contributed by atoms with Gasteiger partial charge in [-0.1, -0.05) is 29.8 Å². The van der Waals surface area contributed by atoms with E-state index in [9.17, 15) is 4.79 Å². The molecule has 1 aliphatic heterocycles. The van der Waals surface area contributed by atoms with E-state index in [1.54, 1.807) is 0 Å². The predicted octanol–water partition coefficient (Wildman–Crippen LogP) is 2.06. The van der Waals surface area contributed by atoms with Crippen molar-refractivity contribution in [1.82, 2.24) is 15.5 Å². The summed E-state index contributed by atoms with van der Waals surface area (Å²) in [5.74, 6) is 0.248. The van der Waals surface area contributed by atoms with Crippen LogP contribution in [0.15, 0.2) is 30.3 Å². The van der Waals surface area contributed by atoms with Crippen LogP contribution >= 0.6 is 0 Å². The number of benzene rings is 1. The maximum absolute atomic E-state index is 11.5. The van der Waals surface area contributed by atoms with E-state index in [0.29, 0.717) is 0 Å². The Kier molecular flexibility index (Phi) is 3.07. The molecule has 19 heavy (non-hydrogen) atoms. The zero-order valence-corrected chi connectivity index (χ0v) is 10.9. The molecule has 98 valence electrons. The Hall–Kier alpha value is -2.10. The fourth-order valence-corrected chi connectivity index (χ4v) is 2.44. The van der Waals surface area contributed by atoms with Gasteiger partial charge >= 0.3 is 0 Å². The van der Waals surface area contributed by atoms with E-state index in [1.165, 1.54) is 5.56 Å². The molecule has 1 amide bonds. The minimum atomic E-state index is 0.0892. The third kappa shape index (κ3) is 2.52. The first-order valence-corrected chi connectivity index (χ1v) is 6.61. The number of carbonyl (C=O) groups excluding carboxylic acids is 1. The summed E-state index contributed by atoms with van der Waals surface area (Å²) in [7, 11) is 0. The second-order valence-electron chi connectivity index (χ2n) is 5.13. The quantitative estimate of drug-likeness (QED) is 0.882. The van der Waals surface area contributed by atoms with Gasteiger partial charge in [-0.2, -0.15) is 5.10 Å². The number of hydrogen-bond acceptors (Lipinski definition) is 2. The van der Waals surface area contributed by atoms with E-state index in [2.05, 4.69) is 46.7 Å². The molecule has 0 bridgehead atoms. The lowest BCUT2D eigenvalue weighted by Crippen LogP contribution is -2.20. The molecule has 0 saturated carbocycles. The van der Waals surface area contributed by atoms with Crippen LogP contribution in [0, 0.1) is 12.8 Å². The normalized spacial score (nSPS) is 18.6. The summed E-state index contributed by atoms with van der Waals surface area (Å²) in [6, 6.07) is 10.3. The number of hydrogen-bond donors (Lipinski definition) is 2. The molecule has 4 nitrogen and oxygen atoms in total. The van der Waals surface area contributed by atoms with Crippen molar-refractivity contribution in [2.45, 2.75) is 19.8 Å². The van der Waals surface area contributed by atoms with Crippen LogP contribution in [0.25, 0.3) is 11.3 Å². The first-order valence-electron chi connectivity index (χ1n) is 6.61. The summed E-state index contributed by atoms with van der Waals surface area (Å²) in [5.41, 5.74) is 4.30. The summed E-state index contributed by atoms with van der Waals surface area (Å²) < 4.78 is 0. The largest absolute Gasteiger partial charge is 0.356 e. The second-order valence-corrected chi connectivity index (χ2v) is 5.13. The highest BCUT2D eigenvalue weighted by atomic mass is 16.2. The molecule has 2 heterocycles. The number of amides is 1. The Bertz CT molecular complexity index is 586. The third-order valence-electron chi connectivity index (χ3n) is 3.61.